The molecule has 7 heteroatoms. The molecule has 0 amide bonds. The predicted octanol–water partition coefficient (Wildman–Crippen LogP) is 0.806. The molecule has 2 aliphatic rings. The van der Waals surface area contributed by atoms with Gasteiger partial charge in [-0.15, -0.1) is 0 Å². The van der Waals surface area contributed by atoms with Crippen LogP contribution in [-0.4, -0.2) is 42.9 Å². The molecule has 19 heavy (non-hydrogen) atoms. The van der Waals surface area contributed by atoms with Crippen molar-refractivity contribution in [2.75, 3.05) is 13.1 Å². The van der Waals surface area contributed by atoms with Gasteiger partial charge in [0.25, 0.3) is 10.2 Å². The Bertz CT molecular complexity index is 433. The van der Waals surface area contributed by atoms with E-state index in [1.54, 1.807) is 0 Å². The van der Waals surface area contributed by atoms with Crippen molar-refractivity contribution in [3.05, 3.63) is 0 Å². The number of hydrogen-bond acceptors (Lipinski definition) is 3. The third-order valence-electron chi connectivity index (χ3n) is 4.27. The lowest BCUT2D eigenvalue weighted by molar-refractivity contribution is -0.142. The van der Waals surface area contributed by atoms with Crippen LogP contribution in [0.2, 0.25) is 0 Å². The summed E-state index contributed by atoms with van der Waals surface area (Å²) in [6, 6.07) is -0.0658. The molecule has 6 nitrogen and oxygen atoms in total. The largest absolute Gasteiger partial charge is 0.481 e. The average molecular weight is 290 g/mol. The van der Waals surface area contributed by atoms with Gasteiger partial charge in [-0.2, -0.15) is 17.4 Å². The lowest BCUT2D eigenvalue weighted by atomic mass is 9.81. The first-order valence-electron chi connectivity index (χ1n) is 6.90. The van der Waals surface area contributed by atoms with E-state index in [1.165, 1.54) is 10.7 Å². The van der Waals surface area contributed by atoms with Gasteiger partial charge in [0.05, 0.1) is 5.92 Å². The molecule has 0 aromatic rings. The third-order valence-corrected chi connectivity index (χ3v) is 5.95. The van der Waals surface area contributed by atoms with Gasteiger partial charge < -0.3 is 5.11 Å². The van der Waals surface area contributed by atoms with Crippen LogP contribution in [0, 0.1) is 11.8 Å². The molecular weight excluding hydrogens is 268 g/mol. The summed E-state index contributed by atoms with van der Waals surface area (Å²) in [4.78, 5) is 11.0. The van der Waals surface area contributed by atoms with Gasteiger partial charge in [0.2, 0.25) is 0 Å². The zero-order valence-corrected chi connectivity index (χ0v) is 12.0. The number of hydrogen-bond donors (Lipinski definition) is 2. The van der Waals surface area contributed by atoms with E-state index in [9.17, 15) is 13.2 Å². The van der Waals surface area contributed by atoms with Gasteiger partial charge in [0.15, 0.2) is 0 Å². The number of nitrogens with one attached hydrogen (secondary N) is 1. The second-order valence-corrected chi connectivity index (χ2v) is 7.34. The first-order valence-corrected chi connectivity index (χ1v) is 8.34. The Morgan fingerprint density at radius 1 is 1.32 bits per heavy atom. The number of carbonyl (C=O) groups is 1. The Hall–Kier alpha value is -0.660. The van der Waals surface area contributed by atoms with E-state index in [1.807, 2.05) is 6.92 Å². The maximum absolute atomic E-state index is 12.2. The molecule has 2 unspecified atom stereocenters. The summed E-state index contributed by atoms with van der Waals surface area (Å²) < 4.78 is 28.4. The van der Waals surface area contributed by atoms with Crippen molar-refractivity contribution in [3.8, 4) is 0 Å². The van der Waals surface area contributed by atoms with Crippen molar-refractivity contribution in [1.29, 1.82) is 0 Å². The third kappa shape index (κ3) is 3.46. The minimum atomic E-state index is -3.55. The van der Waals surface area contributed by atoms with Crippen LogP contribution in [0.5, 0.6) is 0 Å². The lowest BCUT2D eigenvalue weighted by Crippen LogP contribution is -2.51. The summed E-state index contributed by atoms with van der Waals surface area (Å²) in [7, 11) is -3.55. The van der Waals surface area contributed by atoms with E-state index in [-0.39, 0.29) is 12.6 Å². The summed E-state index contributed by atoms with van der Waals surface area (Å²) in [6.45, 7) is 2.39. The standard InChI is InChI=1S/C12H22N2O4S/c1-9(10-4-2-5-10)13-19(17,18)14-7-3-6-11(8-14)12(15)16/h9-11,13H,2-8H2,1H3,(H,15,16). The van der Waals surface area contributed by atoms with Gasteiger partial charge >= 0.3 is 5.97 Å². The van der Waals surface area contributed by atoms with Crippen LogP contribution in [0.1, 0.15) is 39.0 Å². The minimum absolute atomic E-state index is 0.0658. The van der Waals surface area contributed by atoms with Gasteiger partial charge in [-0.05, 0) is 38.5 Å². The van der Waals surface area contributed by atoms with Crippen molar-refractivity contribution in [2.24, 2.45) is 11.8 Å². The first-order chi connectivity index (χ1) is 8.90. The molecule has 1 aliphatic heterocycles. The van der Waals surface area contributed by atoms with Gasteiger partial charge in [0, 0.05) is 19.1 Å². The molecule has 0 aromatic carbocycles. The van der Waals surface area contributed by atoms with Crippen molar-refractivity contribution in [3.63, 3.8) is 0 Å². The molecule has 110 valence electrons. The summed E-state index contributed by atoms with van der Waals surface area (Å²) >= 11 is 0. The van der Waals surface area contributed by atoms with Gasteiger partial charge in [0.1, 0.15) is 0 Å². The maximum atomic E-state index is 12.2. The quantitative estimate of drug-likeness (QED) is 0.784. The number of aliphatic carboxylic acids is 1. The monoisotopic (exact) mass is 290 g/mol. The highest BCUT2D eigenvalue weighted by molar-refractivity contribution is 7.87. The molecule has 1 saturated heterocycles. The number of carboxylic acid groups (broad SMARTS) is 1. The van der Waals surface area contributed by atoms with Crippen molar-refractivity contribution < 1.29 is 18.3 Å². The van der Waals surface area contributed by atoms with Crippen LogP contribution in [-0.2, 0) is 15.0 Å². The highest BCUT2D eigenvalue weighted by Gasteiger charge is 2.34. The maximum Gasteiger partial charge on any atom is 0.307 e. The summed E-state index contributed by atoms with van der Waals surface area (Å²) in [6.07, 6.45) is 4.47. The topological polar surface area (TPSA) is 86.7 Å². The second kappa shape index (κ2) is 5.76. The SMILES string of the molecule is CC(NS(=O)(=O)N1CCCC(C(=O)O)C1)C1CCC1. The minimum Gasteiger partial charge on any atom is -0.481 e. The van der Waals surface area contributed by atoms with Gasteiger partial charge in [-0.3, -0.25) is 4.79 Å². The predicted molar refractivity (Wildman–Crippen MR) is 70.8 cm³/mol. The second-order valence-electron chi connectivity index (χ2n) is 5.64. The van der Waals surface area contributed by atoms with E-state index in [2.05, 4.69) is 4.72 Å². The Labute approximate surface area is 114 Å². The van der Waals surface area contributed by atoms with Crippen molar-refractivity contribution >= 4 is 16.2 Å². The molecule has 2 N–H and O–H groups in total. The van der Waals surface area contributed by atoms with E-state index in [0.29, 0.717) is 25.3 Å². The smallest absolute Gasteiger partial charge is 0.307 e. The fourth-order valence-electron chi connectivity index (χ4n) is 2.71. The molecule has 0 bridgehead atoms. The summed E-state index contributed by atoms with van der Waals surface area (Å²) in [5, 5.41) is 9.00. The van der Waals surface area contributed by atoms with Gasteiger partial charge in [-0.25, -0.2) is 0 Å². The van der Waals surface area contributed by atoms with E-state index in [4.69, 9.17) is 5.11 Å². The highest BCUT2D eigenvalue weighted by Crippen LogP contribution is 2.30. The molecule has 0 radical (unpaired) electrons. The molecule has 1 saturated carbocycles. The molecule has 2 fully saturated rings. The van der Waals surface area contributed by atoms with E-state index >= 15 is 0 Å². The molecule has 0 aromatic heterocycles. The number of rotatable bonds is 5. The molecule has 1 aliphatic carbocycles. The average Bonchev–Trinajstić information content (AvgIpc) is 2.26. The van der Waals surface area contributed by atoms with Crippen LogP contribution in [0.15, 0.2) is 0 Å². The van der Waals surface area contributed by atoms with E-state index in [0.717, 1.165) is 12.8 Å². The van der Waals surface area contributed by atoms with Crippen LogP contribution < -0.4 is 4.72 Å². The fraction of sp³-hybridized carbons (Fsp3) is 0.917. The fourth-order valence-corrected chi connectivity index (χ4v) is 4.26. The molecule has 1 heterocycles. The zero-order valence-electron chi connectivity index (χ0n) is 11.2. The van der Waals surface area contributed by atoms with E-state index < -0.39 is 22.1 Å². The Morgan fingerprint density at radius 3 is 2.53 bits per heavy atom. The van der Waals surface area contributed by atoms with Crippen LogP contribution in [0.4, 0.5) is 0 Å². The molecule has 2 atom stereocenters. The normalized spacial score (nSPS) is 27.7. The molecular formula is C12H22N2O4S. The molecule has 0 spiro atoms. The van der Waals surface area contributed by atoms with Crippen LogP contribution >= 0.6 is 0 Å². The number of nitrogens with zero attached hydrogens (tertiary/aromatic N) is 1. The number of carboxylic acids is 1. The Morgan fingerprint density at radius 2 is 2.00 bits per heavy atom. The van der Waals surface area contributed by atoms with Crippen LogP contribution in [0.25, 0.3) is 0 Å². The summed E-state index contributed by atoms with van der Waals surface area (Å²) in [5.74, 6) is -1.06. The van der Waals surface area contributed by atoms with Crippen LogP contribution in [0.3, 0.4) is 0 Å². The Balaban J connectivity index is 1.96. The number of piperidine rings is 1. The highest BCUT2D eigenvalue weighted by atomic mass is 32.2. The zero-order chi connectivity index (χ0) is 14.0. The van der Waals surface area contributed by atoms with Crippen molar-refractivity contribution in [2.45, 2.75) is 45.1 Å². The summed E-state index contributed by atoms with van der Waals surface area (Å²) in [5.41, 5.74) is 0. The first kappa shape index (κ1) is 14.7. The lowest BCUT2D eigenvalue weighted by Gasteiger charge is -2.35. The van der Waals surface area contributed by atoms with Crippen molar-refractivity contribution in [1.82, 2.24) is 9.03 Å². The van der Waals surface area contributed by atoms with Gasteiger partial charge in [-0.1, -0.05) is 6.42 Å². The molecule has 2 rings (SSSR count). The Kier molecular flexibility index (Phi) is 4.47.